The largest absolute Gasteiger partial charge is 0.343 e. The number of carbonyl (C=O) groups excluding carboxylic acids is 1. The van der Waals surface area contributed by atoms with Crippen LogP contribution in [-0.2, 0) is 7.05 Å². The first-order chi connectivity index (χ1) is 18.2. The van der Waals surface area contributed by atoms with Crippen molar-refractivity contribution in [1.29, 1.82) is 0 Å². The van der Waals surface area contributed by atoms with Crippen LogP contribution in [0.25, 0.3) is 44.3 Å². The molecule has 0 aliphatic rings. The summed E-state index contributed by atoms with van der Waals surface area (Å²) in [7, 11) is 2.05. The highest BCUT2D eigenvalue weighted by atomic mass is 16.2. The molecule has 0 bridgehead atoms. The predicted octanol–water partition coefficient (Wildman–Crippen LogP) is 6.22. The molecule has 6 aromatic rings. The highest BCUT2D eigenvalue weighted by molar-refractivity contribution is 6.09. The number of nitrogens with one attached hydrogen (secondary N) is 1. The Kier molecular flexibility index (Phi) is 5.75. The summed E-state index contributed by atoms with van der Waals surface area (Å²) in [5, 5.41) is 6.23. The van der Waals surface area contributed by atoms with Crippen molar-refractivity contribution in [3.8, 4) is 22.5 Å². The van der Waals surface area contributed by atoms with Crippen LogP contribution < -0.4 is 5.43 Å². The number of nitrogens with zero attached hydrogens (tertiary/aromatic N) is 4. The summed E-state index contributed by atoms with van der Waals surface area (Å²) in [6.07, 6.45) is 5.18. The van der Waals surface area contributed by atoms with E-state index in [1.165, 1.54) is 0 Å². The lowest BCUT2D eigenvalue weighted by Crippen LogP contribution is -2.18. The van der Waals surface area contributed by atoms with Gasteiger partial charge in [-0.25, -0.2) is 10.4 Å². The fourth-order valence-electron chi connectivity index (χ4n) is 4.74. The number of hydrogen-bond acceptors (Lipinski definition) is 4. The Bertz CT molecular complexity index is 1770. The number of aromatic nitrogens is 3. The summed E-state index contributed by atoms with van der Waals surface area (Å²) < 4.78 is 2.16. The number of fused-ring (bicyclic) bond motifs is 2. The van der Waals surface area contributed by atoms with E-state index < -0.39 is 0 Å². The first-order valence-electron chi connectivity index (χ1n) is 12.0. The van der Waals surface area contributed by atoms with Gasteiger partial charge in [-0.05, 0) is 35.9 Å². The van der Waals surface area contributed by atoms with Gasteiger partial charge in [0.1, 0.15) is 0 Å². The van der Waals surface area contributed by atoms with E-state index in [0.29, 0.717) is 11.3 Å². The summed E-state index contributed by atoms with van der Waals surface area (Å²) in [5.41, 5.74) is 9.66. The molecule has 3 aromatic carbocycles. The Morgan fingerprint density at radius 1 is 0.865 bits per heavy atom. The number of aryl methyl sites for hydroxylation is 1. The van der Waals surface area contributed by atoms with Gasteiger partial charge < -0.3 is 4.57 Å². The molecule has 0 aliphatic heterocycles. The minimum atomic E-state index is -0.304. The quantitative estimate of drug-likeness (QED) is 0.235. The number of amides is 1. The van der Waals surface area contributed by atoms with Gasteiger partial charge in [0.2, 0.25) is 0 Å². The fraction of sp³-hybridized carbons (Fsp3) is 0.0323. The average molecular weight is 482 g/mol. The summed E-state index contributed by atoms with van der Waals surface area (Å²) in [6, 6.07) is 31.5. The lowest BCUT2D eigenvalue weighted by molar-refractivity contribution is 0.0956. The maximum Gasteiger partial charge on any atom is 0.272 e. The van der Waals surface area contributed by atoms with Crippen LogP contribution in [0.15, 0.2) is 115 Å². The third kappa shape index (κ3) is 4.15. The van der Waals surface area contributed by atoms with Crippen molar-refractivity contribution in [2.24, 2.45) is 12.1 Å². The zero-order chi connectivity index (χ0) is 25.2. The third-order valence-electron chi connectivity index (χ3n) is 6.47. The SMILES string of the molecule is Cn1c(-c2ccccc2)c(C=NNC(=O)c2cc(-c3cccnc3)nc3ccccc23)c2ccccc21. The topological polar surface area (TPSA) is 72.2 Å². The van der Waals surface area contributed by atoms with Gasteiger partial charge in [0.15, 0.2) is 0 Å². The monoisotopic (exact) mass is 481 g/mol. The fourth-order valence-corrected chi connectivity index (χ4v) is 4.74. The van der Waals surface area contributed by atoms with Crippen molar-refractivity contribution in [3.05, 3.63) is 121 Å². The van der Waals surface area contributed by atoms with Gasteiger partial charge in [-0.2, -0.15) is 5.10 Å². The molecule has 0 spiro atoms. The van der Waals surface area contributed by atoms with E-state index in [1.807, 2.05) is 73.8 Å². The Morgan fingerprint density at radius 2 is 1.59 bits per heavy atom. The highest BCUT2D eigenvalue weighted by Crippen LogP contribution is 2.32. The normalized spacial score (nSPS) is 11.4. The zero-order valence-corrected chi connectivity index (χ0v) is 20.2. The van der Waals surface area contributed by atoms with Crippen molar-refractivity contribution < 1.29 is 4.79 Å². The number of hydrazone groups is 1. The van der Waals surface area contributed by atoms with E-state index in [-0.39, 0.29) is 5.91 Å². The molecule has 6 rings (SSSR count). The van der Waals surface area contributed by atoms with Crippen LogP contribution in [0, 0.1) is 0 Å². The van der Waals surface area contributed by atoms with Gasteiger partial charge in [0.25, 0.3) is 5.91 Å². The van der Waals surface area contributed by atoms with E-state index >= 15 is 0 Å². The van der Waals surface area contributed by atoms with E-state index in [2.05, 4.69) is 44.3 Å². The molecular weight excluding hydrogens is 458 g/mol. The second kappa shape index (κ2) is 9.51. The second-order valence-corrected chi connectivity index (χ2v) is 8.72. The van der Waals surface area contributed by atoms with Gasteiger partial charge in [0, 0.05) is 46.9 Å². The number of para-hydroxylation sites is 2. The zero-order valence-electron chi connectivity index (χ0n) is 20.2. The lowest BCUT2D eigenvalue weighted by atomic mass is 10.0. The minimum Gasteiger partial charge on any atom is -0.343 e. The van der Waals surface area contributed by atoms with Crippen LogP contribution in [0.2, 0.25) is 0 Å². The number of benzene rings is 3. The molecule has 3 heterocycles. The summed E-state index contributed by atoms with van der Waals surface area (Å²) in [4.78, 5) is 22.3. The van der Waals surface area contributed by atoms with Crippen LogP contribution in [0.4, 0.5) is 0 Å². The molecule has 0 atom stereocenters. The molecule has 0 saturated heterocycles. The standard InChI is InChI=1S/C31H23N5O/c1-36-29-16-8-6-14-24(29)26(30(36)21-10-3-2-4-11-21)20-33-35-31(37)25-18-28(22-12-9-17-32-19-22)34-27-15-7-5-13-23(25)27/h2-20H,1H3,(H,35,37). The first-order valence-corrected chi connectivity index (χ1v) is 12.0. The van der Waals surface area contributed by atoms with Crippen LogP contribution in [0.5, 0.6) is 0 Å². The number of pyridine rings is 2. The Hall–Kier alpha value is -5.10. The Morgan fingerprint density at radius 3 is 2.41 bits per heavy atom. The lowest BCUT2D eigenvalue weighted by Gasteiger charge is -2.09. The van der Waals surface area contributed by atoms with Crippen molar-refractivity contribution >= 4 is 33.9 Å². The van der Waals surface area contributed by atoms with E-state index in [0.717, 1.165) is 44.2 Å². The van der Waals surface area contributed by atoms with Crippen LogP contribution >= 0.6 is 0 Å². The van der Waals surface area contributed by atoms with Gasteiger partial charge >= 0.3 is 0 Å². The molecule has 0 unspecified atom stereocenters. The molecular formula is C31H23N5O. The van der Waals surface area contributed by atoms with Crippen LogP contribution in [0.3, 0.4) is 0 Å². The highest BCUT2D eigenvalue weighted by Gasteiger charge is 2.16. The van der Waals surface area contributed by atoms with Crippen molar-refractivity contribution in [1.82, 2.24) is 20.0 Å². The molecule has 1 amide bonds. The average Bonchev–Trinajstić information content (AvgIpc) is 3.24. The molecule has 1 N–H and O–H groups in total. The van der Waals surface area contributed by atoms with Crippen molar-refractivity contribution in [3.63, 3.8) is 0 Å². The molecule has 178 valence electrons. The van der Waals surface area contributed by atoms with Gasteiger partial charge in [-0.3, -0.25) is 9.78 Å². The predicted molar refractivity (Wildman–Crippen MR) is 148 cm³/mol. The smallest absolute Gasteiger partial charge is 0.272 e. The van der Waals surface area contributed by atoms with E-state index in [1.54, 1.807) is 24.7 Å². The van der Waals surface area contributed by atoms with E-state index in [9.17, 15) is 4.79 Å². The number of hydrogen-bond donors (Lipinski definition) is 1. The molecule has 3 aromatic heterocycles. The molecule has 6 nitrogen and oxygen atoms in total. The molecule has 0 aliphatic carbocycles. The number of carbonyl (C=O) groups is 1. The van der Waals surface area contributed by atoms with Crippen LogP contribution in [-0.4, -0.2) is 26.7 Å². The third-order valence-corrected chi connectivity index (χ3v) is 6.47. The van der Waals surface area contributed by atoms with Crippen molar-refractivity contribution in [2.45, 2.75) is 0 Å². The second-order valence-electron chi connectivity index (χ2n) is 8.72. The molecule has 0 fully saturated rings. The molecule has 0 saturated carbocycles. The van der Waals surface area contributed by atoms with Gasteiger partial charge in [-0.1, -0.05) is 66.7 Å². The maximum absolute atomic E-state index is 13.4. The minimum absolute atomic E-state index is 0.304. The van der Waals surface area contributed by atoms with Crippen molar-refractivity contribution in [2.75, 3.05) is 0 Å². The molecule has 0 radical (unpaired) electrons. The first kappa shape index (κ1) is 22.4. The summed E-state index contributed by atoms with van der Waals surface area (Å²) >= 11 is 0. The van der Waals surface area contributed by atoms with Gasteiger partial charge in [0.05, 0.1) is 28.7 Å². The van der Waals surface area contributed by atoms with E-state index in [4.69, 9.17) is 4.98 Å². The summed E-state index contributed by atoms with van der Waals surface area (Å²) in [6.45, 7) is 0. The molecule has 6 heteroatoms. The number of rotatable bonds is 5. The van der Waals surface area contributed by atoms with Gasteiger partial charge in [-0.15, -0.1) is 0 Å². The summed E-state index contributed by atoms with van der Waals surface area (Å²) in [5.74, 6) is -0.304. The molecule has 37 heavy (non-hydrogen) atoms. The Labute approximate surface area is 213 Å². The Balaban J connectivity index is 1.39. The maximum atomic E-state index is 13.4. The van der Waals surface area contributed by atoms with Crippen LogP contribution in [0.1, 0.15) is 15.9 Å².